The van der Waals surface area contributed by atoms with Crippen LogP contribution in [0, 0.1) is 13.8 Å². The van der Waals surface area contributed by atoms with Gasteiger partial charge in [0.05, 0.1) is 11.6 Å². The minimum Gasteiger partial charge on any atom is -0.507 e. The standard InChI is InChI=1S/C21H18N4OS/c1-13-3-6-15(7-4-13)17-11-27-21-19(17)20(22-12-23-21)25-24-10-16-9-14(2)5-8-18(16)26/h3-12,26H,1-2H3,(H,22,23,25)/b24-10-. The van der Waals surface area contributed by atoms with E-state index in [1.54, 1.807) is 23.6 Å². The van der Waals surface area contributed by atoms with Gasteiger partial charge in [0.15, 0.2) is 5.82 Å². The zero-order valence-corrected chi connectivity index (χ0v) is 15.8. The number of anilines is 1. The molecule has 4 aromatic rings. The average Bonchev–Trinajstić information content (AvgIpc) is 3.10. The van der Waals surface area contributed by atoms with E-state index in [9.17, 15) is 5.11 Å². The lowest BCUT2D eigenvalue weighted by atomic mass is 10.0. The first kappa shape index (κ1) is 17.2. The lowest BCUT2D eigenvalue weighted by molar-refractivity contribution is 0.474. The summed E-state index contributed by atoms with van der Waals surface area (Å²) in [5.74, 6) is 0.829. The molecule has 0 bridgehead atoms. The molecule has 0 radical (unpaired) electrons. The van der Waals surface area contributed by atoms with Crippen molar-refractivity contribution in [3.8, 4) is 16.9 Å². The minimum absolute atomic E-state index is 0.190. The van der Waals surface area contributed by atoms with Crippen LogP contribution >= 0.6 is 11.3 Å². The topological polar surface area (TPSA) is 70.4 Å². The normalized spacial score (nSPS) is 11.3. The van der Waals surface area contributed by atoms with E-state index in [2.05, 4.69) is 57.1 Å². The van der Waals surface area contributed by atoms with Gasteiger partial charge in [-0.15, -0.1) is 11.3 Å². The quantitative estimate of drug-likeness (QED) is 0.384. The molecular weight excluding hydrogens is 356 g/mol. The Morgan fingerprint density at radius 2 is 1.81 bits per heavy atom. The van der Waals surface area contributed by atoms with E-state index in [1.165, 1.54) is 11.9 Å². The van der Waals surface area contributed by atoms with Crippen LogP contribution in [0.5, 0.6) is 5.75 Å². The van der Waals surface area contributed by atoms with E-state index < -0.39 is 0 Å². The van der Waals surface area contributed by atoms with Crippen molar-refractivity contribution in [2.45, 2.75) is 13.8 Å². The predicted octanol–water partition coefficient (Wildman–Crippen LogP) is 5.13. The number of hydrogen-bond acceptors (Lipinski definition) is 6. The van der Waals surface area contributed by atoms with Crippen molar-refractivity contribution in [1.29, 1.82) is 0 Å². The van der Waals surface area contributed by atoms with Crippen molar-refractivity contribution >= 4 is 33.6 Å². The number of aromatic hydroxyl groups is 1. The lowest BCUT2D eigenvalue weighted by Gasteiger charge is -2.05. The first-order valence-electron chi connectivity index (χ1n) is 8.50. The van der Waals surface area contributed by atoms with Gasteiger partial charge in [-0.05, 0) is 31.5 Å². The number of nitrogens with one attached hydrogen (secondary N) is 1. The Morgan fingerprint density at radius 1 is 1.04 bits per heavy atom. The second-order valence-corrected chi connectivity index (χ2v) is 7.21. The number of aromatic nitrogens is 2. The summed E-state index contributed by atoms with van der Waals surface area (Å²) < 4.78 is 0. The fourth-order valence-electron chi connectivity index (χ4n) is 2.85. The summed E-state index contributed by atoms with van der Waals surface area (Å²) in [7, 11) is 0. The van der Waals surface area contributed by atoms with Gasteiger partial charge in [0.2, 0.25) is 0 Å². The van der Waals surface area contributed by atoms with E-state index in [0.717, 1.165) is 26.9 Å². The molecule has 0 fully saturated rings. The maximum atomic E-state index is 9.94. The van der Waals surface area contributed by atoms with Crippen LogP contribution in [-0.2, 0) is 0 Å². The molecule has 27 heavy (non-hydrogen) atoms. The van der Waals surface area contributed by atoms with Gasteiger partial charge in [-0.3, -0.25) is 5.43 Å². The number of nitrogens with zero attached hydrogens (tertiary/aromatic N) is 3. The summed E-state index contributed by atoms with van der Waals surface area (Å²) in [6, 6.07) is 13.8. The zero-order chi connectivity index (χ0) is 18.8. The van der Waals surface area contributed by atoms with Crippen LogP contribution in [0.4, 0.5) is 5.82 Å². The van der Waals surface area contributed by atoms with Gasteiger partial charge in [-0.1, -0.05) is 41.5 Å². The Morgan fingerprint density at radius 3 is 2.63 bits per heavy atom. The number of hydrazone groups is 1. The van der Waals surface area contributed by atoms with E-state index >= 15 is 0 Å². The molecule has 2 heterocycles. The fraction of sp³-hybridized carbons (Fsp3) is 0.0952. The Bertz CT molecular complexity index is 1130. The third-order valence-electron chi connectivity index (χ3n) is 4.29. The highest BCUT2D eigenvalue weighted by Crippen LogP contribution is 2.36. The van der Waals surface area contributed by atoms with Crippen LogP contribution in [0.15, 0.2) is 59.3 Å². The number of phenolic OH excluding ortho intramolecular Hbond substituents is 1. The first-order valence-corrected chi connectivity index (χ1v) is 9.38. The molecule has 0 amide bonds. The molecule has 6 heteroatoms. The monoisotopic (exact) mass is 374 g/mol. The molecule has 0 spiro atoms. The van der Waals surface area contributed by atoms with Crippen LogP contribution in [-0.4, -0.2) is 21.3 Å². The molecule has 0 saturated heterocycles. The fourth-order valence-corrected chi connectivity index (χ4v) is 3.76. The van der Waals surface area contributed by atoms with Gasteiger partial charge >= 0.3 is 0 Å². The van der Waals surface area contributed by atoms with E-state index in [-0.39, 0.29) is 5.75 Å². The number of hydrogen-bond donors (Lipinski definition) is 2. The molecule has 0 saturated carbocycles. The average molecular weight is 374 g/mol. The smallest absolute Gasteiger partial charge is 0.159 e. The second kappa shape index (κ2) is 7.17. The summed E-state index contributed by atoms with van der Waals surface area (Å²) in [6.07, 6.45) is 3.12. The number of aryl methyl sites for hydroxylation is 2. The summed E-state index contributed by atoms with van der Waals surface area (Å²) in [5.41, 5.74) is 8.12. The molecule has 2 aromatic heterocycles. The van der Waals surface area contributed by atoms with E-state index in [0.29, 0.717) is 11.4 Å². The third kappa shape index (κ3) is 3.52. The van der Waals surface area contributed by atoms with Gasteiger partial charge in [0, 0.05) is 16.5 Å². The van der Waals surface area contributed by atoms with Gasteiger partial charge in [-0.2, -0.15) is 5.10 Å². The molecule has 0 aliphatic heterocycles. The molecule has 2 N–H and O–H groups in total. The van der Waals surface area contributed by atoms with Crippen LogP contribution in [0.3, 0.4) is 0 Å². The summed E-state index contributed by atoms with van der Waals surface area (Å²) in [5, 5.41) is 17.2. The van der Waals surface area contributed by atoms with Crippen LogP contribution in [0.2, 0.25) is 0 Å². The van der Waals surface area contributed by atoms with Crippen molar-refractivity contribution in [2.75, 3.05) is 5.43 Å². The molecule has 2 aromatic carbocycles. The third-order valence-corrected chi connectivity index (χ3v) is 5.18. The highest BCUT2D eigenvalue weighted by atomic mass is 32.1. The molecule has 5 nitrogen and oxygen atoms in total. The number of thiophene rings is 1. The molecule has 0 aliphatic rings. The largest absolute Gasteiger partial charge is 0.507 e. The Balaban J connectivity index is 1.70. The molecule has 4 rings (SSSR count). The van der Waals surface area contributed by atoms with Crippen molar-refractivity contribution in [1.82, 2.24) is 9.97 Å². The second-order valence-electron chi connectivity index (χ2n) is 6.35. The Labute approximate surface area is 161 Å². The molecular formula is C21H18N4OS. The zero-order valence-electron chi connectivity index (χ0n) is 15.0. The van der Waals surface area contributed by atoms with Gasteiger partial charge in [0.25, 0.3) is 0 Å². The van der Waals surface area contributed by atoms with Gasteiger partial charge < -0.3 is 5.11 Å². The number of rotatable bonds is 4. The van der Waals surface area contributed by atoms with Crippen molar-refractivity contribution < 1.29 is 5.11 Å². The van der Waals surface area contributed by atoms with Gasteiger partial charge in [0.1, 0.15) is 16.9 Å². The number of benzene rings is 2. The number of phenols is 1. The van der Waals surface area contributed by atoms with Crippen molar-refractivity contribution in [2.24, 2.45) is 5.10 Å². The Kier molecular flexibility index (Phi) is 4.56. The lowest BCUT2D eigenvalue weighted by Crippen LogP contribution is -1.96. The van der Waals surface area contributed by atoms with Crippen molar-refractivity contribution in [3.05, 3.63) is 70.9 Å². The molecule has 134 valence electrons. The Hall–Kier alpha value is -3.25. The molecule has 0 unspecified atom stereocenters. The highest BCUT2D eigenvalue weighted by Gasteiger charge is 2.12. The van der Waals surface area contributed by atoms with Gasteiger partial charge in [-0.25, -0.2) is 9.97 Å². The van der Waals surface area contributed by atoms with Crippen molar-refractivity contribution in [3.63, 3.8) is 0 Å². The molecule has 0 atom stereocenters. The maximum absolute atomic E-state index is 9.94. The SMILES string of the molecule is Cc1ccc(-c2csc3ncnc(N/N=C\c4cc(C)ccc4O)c23)cc1. The molecule has 0 aliphatic carbocycles. The first-order chi connectivity index (χ1) is 13.1. The highest BCUT2D eigenvalue weighted by molar-refractivity contribution is 7.17. The maximum Gasteiger partial charge on any atom is 0.159 e. The number of fused-ring (bicyclic) bond motifs is 1. The predicted molar refractivity (Wildman–Crippen MR) is 112 cm³/mol. The minimum atomic E-state index is 0.190. The van der Waals surface area contributed by atoms with E-state index in [4.69, 9.17) is 0 Å². The summed E-state index contributed by atoms with van der Waals surface area (Å²) in [6.45, 7) is 4.04. The summed E-state index contributed by atoms with van der Waals surface area (Å²) >= 11 is 1.58. The van der Waals surface area contributed by atoms with Crippen LogP contribution < -0.4 is 5.43 Å². The van der Waals surface area contributed by atoms with Crippen LogP contribution in [0.1, 0.15) is 16.7 Å². The summed E-state index contributed by atoms with van der Waals surface area (Å²) in [4.78, 5) is 9.63. The van der Waals surface area contributed by atoms with E-state index in [1.807, 2.05) is 19.1 Å². The van der Waals surface area contributed by atoms with Crippen LogP contribution in [0.25, 0.3) is 21.3 Å².